The normalized spacial score (nSPS) is 19.7. The van der Waals surface area contributed by atoms with E-state index in [1.807, 2.05) is 11.8 Å². The topological polar surface area (TPSA) is 61.7 Å². The molecule has 9 heteroatoms. The lowest BCUT2D eigenvalue weighted by atomic mass is 10.1. The highest BCUT2D eigenvalue weighted by Gasteiger charge is 2.50. The van der Waals surface area contributed by atoms with E-state index in [2.05, 4.69) is 9.97 Å². The van der Waals surface area contributed by atoms with Crippen molar-refractivity contribution in [3.8, 4) is 5.88 Å². The maximum absolute atomic E-state index is 12.8. The van der Waals surface area contributed by atoms with Gasteiger partial charge in [0.05, 0.1) is 6.61 Å². The molecule has 0 aliphatic carbocycles. The molecule has 1 saturated heterocycles. The van der Waals surface area contributed by atoms with Gasteiger partial charge in [-0.1, -0.05) is 0 Å². The predicted molar refractivity (Wildman–Crippen MR) is 83.1 cm³/mol. The van der Waals surface area contributed by atoms with Crippen LogP contribution < -0.4 is 9.64 Å². The maximum atomic E-state index is 12.8. The van der Waals surface area contributed by atoms with Crippen LogP contribution in [0.1, 0.15) is 20.3 Å². The van der Waals surface area contributed by atoms with E-state index < -0.39 is 18.3 Å². The third kappa shape index (κ3) is 4.70. The summed E-state index contributed by atoms with van der Waals surface area (Å²) in [4.78, 5) is 12.1. The van der Waals surface area contributed by atoms with Crippen LogP contribution in [0.3, 0.4) is 0 Å². The third-order valence-electron chi connectivity index (χ3n) is 3.92. The van der Waals surface area contributed by atoms with Gasteiger partial charge in [0.2, 0.25) is 11.8 Å². The van der Waals surface area contributed by atoms with Crippen LogP contribution in [0, 0.1) is 0 Å². The van der Waals surface area contributed by atoms with E-state index in [1.54, 1.807) is 17.2 Å². The molecular weight excluding hydrogens is 325 g/mol. The summed E-state index contributed by atoms with van der Waals surface area (Å²) in [6.07, 6.45) is -2.38. The number of hydrogen-bond donors (Lipinski definition) is 1. The highest BCUT2D eigenvalue weighted by atomic mass is 19.4. The molecule has 0 unspecified atom stereocenters. The van der Waals surface area contributed by atoms with Crippen LogP contribution in [-0.2, 0) is 0 Å². The molecule has 2 rings (SSSR count). The second-order valence-corrected chi connectivity index (χ2v) is 6.02. The van der Waals surface area contributed by atoms with Gasteiger partial charge in [-0.05, 0) is 20.3 Å². The Morgan fingerprint density at radius 2 is 2.00 bits per heavy atom. The van der Waals surface area contributed by atoms with Crippen LogP contribution >= 0.6 is 0 Å². The fraction of sp³-hybridized carbons (Fsp3) is 0.733. The molecule has 136 valence electrons. The molecule has 1 fully saturated rings. The van der Waals surface area contributed by atoms with Crippen LogP contribution in [0.2, 0.25) is 0 Å². The number of aromatic nitrogens is 2. The second kappa shape index (κ2) is 7.52. The molecule has 0 bridgehead atoms. The molecule has 1 aliphatic rings. The number of hydrogen-bond acceptors (Lipinski definition) is 6. The largest absolute Gasteiger partial charge is 0.478 e. The van der Waals surface area contributed by atoms with Crippen molar-refractivity contribution in [3.05, 3.63) is 12.3 Å². The maximum Gasteiger partial charge on any atom is 0.418 e. The standard InChI is InChI=1S/C15H23F3N4O2/c1-3-24-12-5-6-19-13(20-12)22-8-4-7-21(9-10-22)11-14(2,23)15(16,17)18/h5-6,23H,3-4,7-11H2,1-2H3/t14-/m0/s1. The van der Waals surface area contributed by atoms with E-state index in [0.29, 0.717) is 51.0 Å². The van der Waals surface area contributed by atoms with Crippen LogP contribution in [0.4, 0.5) is 19.1 Å². The van der Waals surface area contributed by atoms with Gasteiger partial charge in [-0.2, -0.15) is 18.2 Å². The Hall–Kier alpha value is -1.61. The van der Waals surface area contributed by atoms with Crippen LogP contribution in [0.15, 0.2) is 12.3 Å². The van der Waals surface area contributed by atoms with E-state index in [9.17, 15) is 18.3 Å². The molecule has 0 spiro atoms. The number of aliphatic hydroxyl groups is 1. The predicted octanol–water partition coefficient (Wildman–Crippen LogP) is 1.70. The van der Waals surface area contributed by atoms with Gasteiger partial charge in [-0.25, -0.2) is 4.98 Å². The Balaban J connectivity index is 1.99. The van der Waals surface area contributed by atoms with Crippen molar-refractivity contribution in [2.24, 2.45) is 0 Å². The van der Waals surface area contributed by atoms with E-state index in [1.165, 1.54) is 0 Å². The Morgan fingerprint density at radius 1 is 1.25 bits per heavy atom. The molecule has 0 aromatic carbocycles. The third-order valence-corrected chi connectivity index (χ3v) is 3.92. The molecule has 1 aromatic heterocycles. The second-order valence-electron chi connectivity index (χ2n) is 6.02. The Kier molecular flexibility index (Phi) is 5.87. The highest BCUT2D eigenvalue weighted by Crippen LogP contribution is 2.31. The lowest BCUT2D eigenvalue weighted by molar-refractivity contribution is -0.257. The van der Waals surface area contributed by atoms with Crippen LogP contribution in [0.5, 0.6) is 5.88 Å². The van der Waals surface area contributed by atoms with E-state index in [4.69, 9.17) is 4.74 Å². The Labute approximate surface area is 139 Å². The van der Waals surface area contributed by atoms with Crippen molar-refractivity contribution in [2.45, 2.75) is 32.0 Å². The van der Waals surface area contributed by atoms with Crippen LogP contribution in [0.25, 0.3) is 0 Å². The number of ether oxygens (including phenoxy) is 1. The molecule has 2 heterocycles. The first-order valence-electron chi connectivity index (χ1n) is 7.95. The lowest BCUT2D eigenvalue weighted by Crippen LogP contribution is -2.52. The molecule has 1 N–H and O–H groups in total. The first kappa shape index (κ1) is 18.7. The molecule has 1 aliphatic heterocycles. The summed E-state index contributed by atoms with van der Waals surface area (Å²) in [7, 11) is 0. The zero-order chi connectivity index (χ0) is 17.8. The quantitative estimate of drug-likeness (QED) is 0.874. The summed E-state index contributed by atoms with van der Waals surface area (Å²) in [6.45, 7) is 4.73. The molecule has 0 radical (unpaired) electrons. The van der Waals surface area contributed by atoms with Crippen molar-refractivity contribution in [3.63, 3.8) is 0 Å². The minimum atomic E-state index is -4.64. The highest BCUT2D eigenvalue weighted by molar-refractivity contribution is 5.32. The number of anilines is 1. The number of β-amino-alcohol motifs (C(OH)–C–C–N with tert-alkyl or cyclic N) is 1. The average Bonchev–Trinajstić information content (AvgIpc) is 2.72. The van der Waals surface area contributed by atoms with Gasteiger partial charge in [0.1, 0.15) is 0 Å². The summed E-state index contributed by atoms with van der Waals surface area (Å²) in [6, 6.07) is 1.66. The number of nitrogens with zero attached hydrogens (tertiary/aromatic N) is 4. The summed E-state index contributed by atoms with van der Waals surface area (Å²) in [5, 5.41) is 9.65. The fourth-order valence-corrected chi connectivity index (χ4v) is 2.57. The van der Waals surface area contributed by atoms with Gasteiger partial charge in [0.15, 0.2) is 5.60 Å². The van der Waals surface area contributed by atoms with Gasteiger partial charge < -0.3 is 14.7 Å². The molecular formula is C15H23F3N4O2. The Morgan fingerprint density at radius 3 is 2.67 bits per heavy atom. The minimum Gasteiger partial charge on any atom is -0.478 e. The number of halogens is 3. The van der Waals surface area contributed by atoms with Crippen molar-refractivity contribution in [1.82, 2.24) is 14.9 Å². The Bertz CT molecular complexity index is 540. The zero-order valence-corrected chi connectivity index (χ0v) is 13.9. The zero-order valence-electron chi connectivity index (χ0n) is 13.9. The van der Waals surface area contributed by atoms with Crippen molar-refractivity contribution >= 4 is 5.95 Å². The molecule has 1 atom stereocenters. The van der Waals surface area contributed by atoms with E-state index in [-0.39, 0.29) is 0 Å². The molecule has 6 nitrogen and oxygen atoms in total. The first-order chi connectivity index (χ1) is 11.2. The lowest BCUT2D eigenvalue weighted by Gasteiger charge is -2.32. The molecule has 24 heavy (non-hydrogen) atoms. The molecule has 1 aromatic rings. The monoisotopic (exact) mass is 348 g/mol. The average molecular weight is 348 g/mol. The summed E-state index contributed by atoms with van der Waals surface area (Å²) in [5.41, 5.74) is -2.71. The SMILES string of the molecule is CCOc1ccnc(N2CCCN(C[C@](C)(O)C(F)(F)F)CC2)n1. The summed E-state index contributed by atoms with van der Waals surface area (Å²) < 4.78 is 43.8. The van der Waals surface area contributed by atoms with Crippen molar-refractivity contribution < 1.29 is 23.0 Å². The van der Waals surface area contributed by atoms with Crippen molar-refractivity contribution in [2.75, 3.05) is 44.2 Å². The van der Waals surface area contributed by atoms with E-state index in [0.717, 1.165) is 6.92 Å². The molecule has 0 amide bonds. The first-order valence-corrected chi connectivity index (χ1v) is 7.95. The van der Waals surface area contributed by atoms with Gasteiger partial charge >= 0.3 is 6.18 Å². The smallest absolute Gasteiger partial charge is 0.418 e. The van der Waals surface area contributed by atoms with Crippen molar-refractivity contribution in [1.29, 1.82) is 0 Å². The van der Waals surface area contributed by atoms with Gasteiger partial charge in [-0.15, -0.1) is 0 Å². The summed E-state index contributed by atoms with van der Waals surface area (Å²) >= 11 is 0. The van der Waals surface area contributed by atoms with Gasteiger partial charge in [0, 0.05) is 45.0 Å². The molecule has 0 saturated carbocycles. The number of rotatable bonds is 5. The van der Waals surface area contributed by atoms with Gasteiger partial charge in [0.25, 0.3) is 0 Å². The number of alkyl halides is 3. The van der Waals surface area contributed by atoms with Gasteiger partial charge in [-0.3, -0.25) is 4.90 Å². The van der Waals surface area contributed by atoms with Crippen LogP contribution in [-0.4, -0.2) is 71.1 Å². The summed E-state index contributed by atoms with van der Waals surface area (Å²) in [5.74, 6) is 0.981. The minimum absolute atomic E-state index is 0.397. The fourth-order valence-electron chi connectivity index (χ4n) is 2.57. The van der Waals surface area contributed by atoms with E-state index >= 15 is 0 Å².